The molecule has 0 aliphatic heterocycles. The molecule has 1 aromatic rings. The van der Waals surface area contributed by atoms with Crippen LogP contribution < -0.4 is 10.6 Å². The van der Waals surface area contributed by atoms with Crippen molar-refractivity contribution in [2.24, 2.45) is 5.92 Å². The highest BCUT2D eigenvalue weighted by Gasteiger charge is 2.36. The largest absolute Gasteiger partial charge is 0.461 e. The normalized spacial score (nSPS) is 22.0. The highest BCUT2D eigenvalue weighted by Crippen LogP contribution is 2.47. The van der Waals surface area contributed by atoms with Crippen molar-refractivity contribution >= 4 is 17.9 Å². The topological polar surface area (TPSA) is 71.3 Å². The number of carbonyl (C=O) groups excluding carboxylic acids is 2. The lowest BCUT2D eigenvalue weighted by atomic mass is 10.1. The number of amides is 2. The lowest BCUT2D eigenvalue weighted by Gasteiger charge is -2.23. The maximum Gasteiger partial charge on any atom is 0.244 e. The van der Waals surface area contributed by atoms with Crippen LogP contribution in [0.5, 0.6) is 0 Å². The molecule has 0 aromatic carbocycles. The fourth-order valence-electron chi connectivity index (χ4n) is 2.34. The molecular weight excluding hydrogens is 292 g/mol. The number of furan rings is 1. The zero-order valence-corrected chi connectivity index (χ0v) is 14.5. The van der Waals surface area contributed by atoms with Crippen molar-refractivity contribution in [3.8, 4) is 0 Å². The van der Waals surface area contributed by atoms with E-state index < -0.39 is 6.04 Å². The van der Waals surface area contributed by atoms with Crippen molar-refractivity contribution < 1.29 is 14.0 Å². The van der Waals surface area contributed by atoms with Crippen LogP contribution in [0.25, 0.3) is 6.08 Å². The van der Waals surface area contributed by atoms with Crippen molar-refractivity contribution in [3.05, 3.63) is 29.7 Å². The van der Waals surface area contributed by atoms with Crippen LogP contribution in [0.3, 0.4) is 0 Å². The molecule has 1 aromatic heterocycles. The number of hydrogen-bond donors (Lipinski definition) is 2. The third-order valence-corrected chi connectivity index (χ3v) is 3.77. The molecule has 1 aliphatic carbocycles. The Balaban J connectivity index is 1.84. The van der Waals surface area contributed by atoms with Gasteiger partial charge >= 0.3 is 0 Å². The van der Waals surface area contributed by atoms with Crippen molar-refractivity contribution in [2.45, 2.75) is 58.5 Å². The Hall–Kier alpha value is -2.04. The van der Waals surface area contributed by atoms with Gasteiger partial charge in [-0.25, -0.2) is 0 Å². The summed E-state index contributed by atoms with van der Waals surface area (Å²) in [5.41, 5.74) is -0.323. The third kappa shape index (κ3) is 5.27. The predicted octanol–water partition coefficient (Wildman–Crippen LogP) is 2.84. The molecule has 0 bridgehead atoms. The Labute approximate surface area is 137 Å². The molecule has 2 amide bonds. The molecule has 23 heavy (non-hydrogen) atoms. The first-order valence-electron chi connectivity index (χ1n) is 8.06. The third-order valence-electron chi connectivity index (χ3n) is 3.77. The fraction of sp³-hybridized carbons (Fsp3) is 0.556. The van der Waals surface area contributed by atoms with E-state index in [9.17, 15) is 9.59 Å². The number of hydrogen-bond acceptors (Lipinski definition) is 3. The van der Waals surface area contributed by atoms with Crippen LogP contribution in [0.4, 0.5) is 0 Å². The van der Waals surface area contributed by atoms with Crippen molar-refractivity contribution in [3.63, 3.8) is 0 Å². The molecule has 2 rings (SSSR count). The van der Waals surface area contributed by atoms with Gasteiger partial charge in [0.15, 0.2) is 0 Å². The van der Waals surface area contributed by atoms with Crippen molar-refractivity contribution in [1.29, 1.82) is 0 Å². The number of carbonyl (C=O) groups is 2. The van der Waals surface area contributed by atoms with Gasteiger partial charge in [-0.2, -0.15) is 0 Å². The second kappa shape index (κ2) is 6.60. The van der Waals surface area contributed by atoms with Gasteiger partial charge in [-0.15, -0.1) is 0 Å². The van der Waals surface area contributed by atoms with Crippen LogP contribution in [0.2, 0.25) is 0 Å². The van der Waals surface area contributed by atoms with Gasteiger partial charge < -0.3 is 15.1 Å². The SMILES string of the molecule is C[C@H](NC(=O)/C=C\c1ccc([C@@H]2C[C@@H]2C)o1)C(=O)NC(C)(C)C. The smallest absolute Gasteiger partial charge is 0.244 e. The van der Waals surface area contributed by atoms with Crippen LogP contribution in [0, 0.1) is 5.92 Å². The first-order valence-corrected chi connectivity index (χ1v) is 8.06. The Morgan fingerprint density at radius 1 is 1.35 bits per heavy atom. The second-order valence-electron chi connectivity index (χ2n) is 7.36. The summed E-state index contributed by atoms with van der Waals surface area (Å²) >= 11 is 0. The second-order valence-corrected chi connectivity index (χ2v) is 7.36. The average molecular weight is 318 g/mol. The summed E-state index contributed by atoms with van der Waals surface area (Å²) in [6.45, 7) is 9.55. The first kappa shape index (κ1) is 17.3. The first-order chi connectivity index (χ1) is 10.7. The van der Waals surface area contributed by atoms with Gasteiger partial charge in [0.1, 0.15) is 17.6 Å². The van der Waals surface area contributed by atoms with Gasteiger partial charge in [-0.05, 0) is 58.2 Å². The lowest BCUT2D eigenvalue weighted by molar-refractivity contribution is -0.127. The molecule has 5 heteroatoms. The quantitative estimate of drug-likeness (QED) is 0.820. The molecule has 2 N–H and O–H groups in total. The van der Waals surface area contributed by atoms with Crippen LogP contribution in [-0.2, 0) is 9.59 Å². The van der Waals surface area contributed by atoms with Crippen molar-refractivity contribution in [1.82, 2.24) is 10.6 Å². The van der Waals surface area contributed by atoms with E-state index in [4.69, 9.17) is 4.42 Å². The van der Waals surface area contributed by atoms with Crippen LogP contribution in [-0.4, -0.2) is 23.4 Å². The van der Waals surface area contributed by atoms with E-state index in [1.165, 1.54) is 6.08 Å². The molecular formula is C18H26N2O3. The summed E-state index contributed by atoms with van der Waals surface area (Å²) in [6, 6.07) is 3.23. The van der Waals surface area contributed by atoms with Gasteiger partial charge in [0.2, 0.25) is 11.8 Å². The van der Waals surface area contributed by atoms with Crippen LogP contribution in [0.1, 0.15) is 58.5 Å². The highest BCUT2D eigenvalue weighted by atomic mass is 16.3. The highest BCUT2D eigenvalue weighted by molar-refractivity contribution is 5.95. The Morgan fingerprint density at radius 2 is 2.00 bits per heavy atom. The van der Waals surface area contributed by atoms with E-state index in [-0.39, 0.29) is 17.4 Å². The van der Waals surface area contributed by atoms with Gasteiger partial charge in [0.25, 0.3) is 0 Å². The molecule has 126 valence electrons. The molecule has 0 radical (unpaired) electrons. The molecule has 1 saturated carbocycles. The molecule has 5 nitrogen and oxygen atoms in total. The average Bonchev–Trinajstić information content (AvgIpc) is 2.98. The van der Waals surface area contributed by atoms with Gasteiger partial charge in [0.05, 0.1) is 0 Å². The zero-order chi connectivity index (χ0) is 17.2. The van der Waals surface area contributed by atoms with E-state index in [1.807, 2.05) is 32.9 Å². The summed E-state index contributed by atoms with van der Waals surface area (Å²) in [6.07, 6.45) is 4.18. The summed E-state index contributed by atoms with van der Waals surface area (Å²) in [5.74, 6) is 2.31. The maximum absolute atomic E-state index is 11.9. The molecule has 0 unspecified atom stereocenters. The fourth-order valence-corrected chi connectivity index (χ4v) is 2.34. The van der Waals surface area contributed by atoms with E-state index in [2.05, 4.69) is 17.6 Å². The molecule has 1 fully saturated rings. The van der Waals surface area contributed by atoms with E-state index >= 15 is 0 Å². The molecule has 3 atom stereocenters. The number of nitrogens with one attached hydrogen (secondary N) is 2. The summed E-state index contributed by atoms with van der Waals surface area (Å²) in [4.78, 5) is 23.8. The lowest BCUT2D eigenvalue weighted by Crippen LogP contribution is -2.50. The monoisotopic (exact) mass is 318 g/mol. The van der Waals surface area contributed by atoms with E-state index in [0.29, 0.717) is 17.6 Å². The van der Waals surface area contributed by atoms with Crippen LogP contribution >= 0.6 is 0 Å². The van der Waals surface area contributed by atoms with E-state index in [0.717, 1.165) is 12.2 Å². The Morgan fingerprint density at radius 3 is 2.57 bits per heavy atom. The summed E-state index contributed by atoms with van der Waals surface area (Å²) in [5, 5.41) is 5.47. The van der Waals surface area contributed by atoms with Gasteiger partial charge in [-0.3, -0.25) is 9.59 Å². The van der Waals surface area contributed by atoms with Gasteiger partial charge in [-0.1, -0.05) is 6.92 Å². The summed E-state index contributed by atoms with van der Waals surface area (Å²) < 4.78 is 5.70. The molecule has 0 saturated heterocycles. The minimum atomic E-state index is -0.592. The number of rotatable bonds is 5. The predicted molar refractivity (Wildman–Crippen MR) is 89.8 cm³/mol. The molecule has 0 spiro atoms. The standard InChI is InChI=1S/C18H26N2O3/c1-11-10-14(11)15-8-6-13(23-15)7-9-16(21)19-12(2)17(22)20-18(3,4)5/h6-9,11-12,14H,10H2,1-5H3,(H,19,21)(H,20,22)/b9-7-/t11-,12-,14+/m0/s1. The van der Waals surface area contributed by atoms with E-state index in [1.54, 1.807) is 13.0 Å². The van der Waals surface area contributed by atoms with Crippen molar-refractivity contribution in [2.75, 3.05) is 0 Å². The minimum absolute atomic E-state index is 0.206. The zero-order valence-electron chi connectivity index (χ0n) is 14.5. The minimum Gasteiger partial charge on any atom is -0.461 e. The maximum atomic E-state index is 11.9. The van der Waals surface area contributed by atoms with Gasteiger partial charge in [0, 0.05) is 17.5 Å². The van der Waals surface area contributed by atoms with Crippen LogP contribution in [0.15, 0.2) is 22.6 Å². The Bertz CT molecular complexity index is 610. The summed E-state index contributed by atoms with van der Waals surface area (Å²) in [7, 11) is 0. The molecule has 1 aliphatic rings. The Kier molecular flexibility index (Phi) is 4.97. The molecule has 1 heterocycles.